The lowest BCUT2D eigenvalue weighted by atomic mass is 9.94. The van der Waals surface area contributed by atoms with E-state index in [4.69, 9.17) is 4.74 Å². The van der Waals surface area contributed by atoms with Crippen molar-refractivity contribution in [2.75, 3.05) is 27.2 Å². The number of carbonyl (C=O) groups is 1. The van der Waals surface area contributed by atoms with Crippen molar-refractivity contribution in [1.82, 2.24) is 9.80 Å². The standard InChI is InChI=1S/C15H26N2O2/c1-15(2)11-12-13(19-15)7-5-10-17(12)14(18)8-6-9-16(3)4/h6,8,12-13H,5,7,9-11H2,1-4H3/t12-,13-/m0/s1. The summed E-state index contributed by atoms with van der Waals surface area (Å²) in [4.78, 5) is 16.4. The molecule has 0 radical (unpaired) electrons. The van der Waals surface area contributed by atoms with Crippen molar-refractivity contribution in [2.45, 2.75) is 50.9 Å². The van der Waals surface area contributed by atoms with E-state index in [9.17, 15) is 4.79 Å². The molecular formula is C15H26N2O2. The van der Waals surface area contributed by atoms with Crippen molar-refractivity contribution < 1.29 is 9.53 Å². The van der Waals surface area contributed by atoms with Gasteiger partial charge in [0, 0.05) is 19.2 Å². The molecule has 2 aliphatic rings. The number of hydrogen-bond acceptors (Lipinski definition) is 3. The van der Waals surface area contributed by atoms with Crippen molar-refractivity contribution >= 4 is 5.91 Å². The van der Waals surface area contributed by atoms with Crippen LogP contribution in [0.25, 0.3) is 0 Å². The first kappa shape index (κ1) is 14.5. The highest BCUT2D eigenvalue weighted by Gasteiger charge is 2.45. The molecule has 2 aliphatic heterocycles. The van der Waals surface area contributed by atoms with Crippen LogP contribution in [0, 0.1) is 0 Å². The molecule has 0 aromatic heterocycles. The van der Waals surface area contributed by atoms with Gasteiger partial charge in [0.1, 0.15) is 0 Å². The number of amides is 1. The quantitative estimate of drug-likeness (QED) is 0.728. The summed E-state index contributed by atoms with van der Waals surface area (Å²) in [6.45, 7) is 5.91. The second-order valence-electron chi connectivity index (χ2n) is 6.53. The molecule has 108 valence electrons. The van der Waals surface area contributed by atoms with Crippen LogP contribution >= 0.6 is 0 Å². The molecule has 0 bridgehead atoms. The van der Waals surface area contributed by atoms with Crippen LogP contribution in [0.3, 0.4) is 0 Å². The summed E-state index contributed by atoms with van der Waals surface area (Å²) in [5, 5.41) is 0. The van der Waals surface area contributed by atoms with Crippen molar-refractivity contribution in [3.63, 3.8) is 0 Å². The monoisotopic (exact) mass is 266 g/mol. The topological polar surface area (TPSA) is 32.8 Å². The number of likely N-dealkylation sites (N-methyl/N-ethyl adjacent to an activating group) is 1. The van der Waals surface area contributed by atoms with Crippen LogP contribution in [0.4, 0.5) is 0 Å². The molecule has 2 heterocycles. The second kappa shape index (κ2) is 5.63. The molecule has 0 aromatic carbocycles. The van der Waals surface area contributed by atoms with Gasteiger partial charge in [-0.15, -0.1) is 0 Å². The zero-order valence-corrected chi connectivity index (χ0v) is 12.6. The third kappa shape index (κ3) is 3.57. The molecule has 0 unspecified atom stereocenters. The minimum absolute atomic E-state index is 0.0917. The summed E-state index contributed by atoms with van der Waals surface area (Å²) in [6, 6.07) is 0.264. The second-order valence-corrected chi connectivity index (χ2v) is 6.53. The van der Waals surface area contributed by atoms with Crippen molar-refractivity contribution in [3.8, 4) is 0 Å². The van der Waals surface area contributed by atoms with E-state index in [-0.39, 0.29) is 23.7 Å². The van der Waals surface area contributed by atoms with Crippen LogP contribution in [0.5, 0.6) is 0 Å². The summed E-state index contributed by atoms with van der Waals surface area (Å²) in [7, 11) is 4.00. The van der Waals surface area contributed by atoms with E-state index in [2.05, 4.69) is 13.8 Å². The van der Waals surface area contributed by atoms with Crippen LogP contribution in [-0.4, -0.2) is 60.6 Å². The van der Waals surface area contributed by atoms with E-state index >= 15 is 0 Å². The molecule has 2 rings (SSSR count). The summed E-state index contributed by atoms with van der Waals surface area (Å²) in [6.07, 6.45) is 6.96. The van der Waals surface area contributed by atoms with Gasteiger partial charge in [-0.25, -0.2) is 0 Å². The first-order chi connectivity index (χ1) is 8.89. The Morgan fingerprint density at radius 1 is 1.47 bits per heavy atom. The van der Waals surface area contributed by atoms with E-state index in [0.717, 1.165) is 32.4 Å². The molecule has 1 amide bonds. The molecule has 0 saturated carbocycles. The predicted molar refractivity (Wildman–Crippen MR) is 76.0 cm³/mol. The lowest BCUT2D eigenvalue weighted by Crippen LogP contribution is -2.48. The van der Waals surface area contributed by atoms with Crippen LogP contribution < -0.4 is 0 Å². The van der Waals surface area contributed by atoms with E-state index in [1.54, 1.807) is 6.08 Å². The number of likely N-dealkylation sites (tertiary alicyclic amines) is 1. The van der Waals surface area contributed by atoms with Gasteiger partial charge in [0.05, 0.1) is 17.7 Å². The zero-order chi connectivity index (χ0) is 14.0. The molecule has 0 aliphatic carbocycles. The largest absolute Gasteiger partial charge is 0.370 e. The molecule has 0 aromatic rings. The highest BCUT2D eigenvalue weighted by atomic mass is 16.5. The van der Waals surface area contributed by atoms with Crippen molar-refractivity contribution in [2.24, 2.45) is 0 Å². The Balaban J connectivity index is 1.99. The minimum Gasteiger partial charge on any atom is -0.370 e. The molecule has 19 heavy (non-hydrogen) atoms. The van der Waals surface area contributed by atoms with E-state index < -0.39 is 0 Å². The fourth-order valence-electron chi connectivity index (χ4n) is 3.10. The van der Waals surface area contributed by atoms with E-state index in [1.807, 2.05) is 30.0 Å². The van der Waals surface area contributed by atoms with E-state index in [0.29, 0.717) is 0 Å². The number of fused-ring (bicyclic) bond motifs is 1. The average Bonchev–Trinajstić information content (AvgIpc) is 2.61. The average molecular weight is 266 g/mol. The maximum atomic E-state index is 12.3. The fourth-order valence-corrected chi connectivity index (χ4v) is 3.10. The van der Waals surface area contributed by atoms with Crippen LogP contribution in [0.15, 0.2) is 12.2 Å². The van der Waals surface area contributed by atoms with Crippen LogP contribution in [0.2, 0.25) is 0 Å². The smallest absolute Gasteiger partial charge is 0.246 e. The van der Waals surface area contributed by atoms with Gasteiger partial charge in [0.15, 0.2) is 0 Å². The summed E-state index contributed by atoms with van der Waals surface area (Å²) < 4.78 is 6.05. The summed E-state index contributed by atoms with van der Waals surface area (Å²) in [5.74, 6) is 0.137. The number of piperidine rings is 1. The van der Waals surface area contributed by atoms with Crippen molar-refractivity contribution in [1.29, 1.82) is 0 Å². The maximum Gasteiger partial charge on any atom is 0.246 e. The molecule has 4 nitrogen and oxygen atoms in total. The zero-order valence-electron chi connectivity index (χ0n) is 12.6. The van der Waals surface area contributed by atoms with Gasteiger partial charge in [0.2, 0.25) is 5.91 Å². The Kier molecular flexibility index (Phi) is 4.31. The lowest BCUT2D eigenvalue weighted by molar-refractivity contribution is -0.132. The Morgan fingerprint density at radius 3 is 2.89 bits per heavy atom. The number of hydrogen-bond donors (Lipinski definition) is 0. The molecular weight excluding hydrogens is 240 g/mol. The fraction of sp³-hybridized carbons (Fsp3) is 0.800. The maximum absolute atomic E-state index is 12.3. The van der Waals surface area contributed by atoms with Gasteiger partial charge in [0.25, 0.3) is 0 Å². The van der Waals surface area contributed by atoms with Gasteiger partial charge in [-0.05, 0) is 47.2 Å². The molecule has 0 N–H and O–H groups in total. The molecule has 2 fully saturated rings. The van der Waals surface area contributed by atoms with E-state index in [1.165, 1.54) is 0 Å². The summed E-state index contributed by atoms with van der Waals surface area (Å²) in [5.41, 5.74) is -0.0917. The molecule has 2 atom stereocenters. The van der Waals surface area contributed by atoms with Gasteiger partial charge >= 0.3 is 0 Å². The highest BCUT2D eigenvalue weighted by Crippen LogP contribution is 2.37. The lowest BCUT2D eigenvalue weighted by Gasteiger charge is -2.35. The first-order valence-electron chi connectivity index (χ1n) is 7.19. The number of ether oxygens (including phenoxy) is 1. The Bertz CT molecular complexity index is 363. The SMILES string of the molecule is CN(C)CC=CC(=O)N1CCC[C@@H]2OC(C)(C)C[C@@H]21. The highest BCUT2D eigenvalue weighted by molar-refractivity contribution is 5.88. The first-order valence-corrected chi connectivity index (χ1v) is 7.19. The predicted octanol–water partition coefficient (Wildman–Crippen LogP) is 1.66. The van der Waals surface area contributed by atoms with Gasteiger partial charge in [-0.3, -0.25) is 4.79 Å². The Morgan fingerprint density at radius 2 is 2.21 bits per heavy atom. The van der Waals surface area contributed by atoms with Crippen molar-refractivity contribution in [3.05, 3.63) is 12.2 Å². The molecule has 4 heteroatoms. The number of nitrogens with zero attached hydrogens (tertiary/aromatic N) is 2. The Labute approximate surface area is 116 Å². The minimum atomic E-state index is -0.0917. The third-order valence-corrected chi connectivity index (χ3v) is 3.90. The third-order valence-electron chi connectivity index (χ3n) is 3.90. The van der Waals surface area contributed by atoms with Gasteiger partial charge < -0.3 is 14.5 Å². The summed E-state index contributed by atoms with van der Waals surface area (Å²) >= 11 is 0. The normalized spacial score (nSPS) is 30.1. The van der Waals surface area contributed by atoms with Crippen LogP contribution in [0.1, 0.15) is 33.1 Å². The number of rotatable bonds is 3. The Hall–Kier alpha value is -0.870. The molecule has 2 saturated heterocycles. The van der Waals surface area contributed by atoms with Crippen LogP contribution in [-0.2, 0) is 9.53 Å². The van der Waals surface area contributed by atoms with Gasteiger partial charge in [-0.2, -0.15) is 0 Å². The van der Waals surface area contributed by atoms with Gasteiger partial charge in [-0.1, -0.05) is 6.08 Å². The number of carbonyl (C=O) groups excluding carboxylic acids is 1. The molecule has 0 spiro atoms.